The van der Waals surface area contributed by atoms with Crippen molar-refractivity contribution in [1.29, 1.82) is 0 Å². The van der Waals surface area contributed by atoms with Gasteiger partial charge in [0.1, 0.15) is 13.2 Å². The van der Waals surface area contributed by atoms with Crippen LogP contribution in [0.3, 0.4) is 0 Å². The number of allylic oxidation sites excluding steroid dienone is 20. The third kappa shape index (κ3) is 60.7. The summed E-state index contributed by atoms with van der Waals surface area (Å²) < 4.78 is 16.8. The first kappa shape index (κ1) is 71.8. The summed E-state index contributed by atoms with van der Waals surface area (Å²) in [5.74, 6) is -0.903. The van der Waals surface area contributed by atoms with Crippen LogP contribution in [0.1, 0.15) is 284 Å². The predicted molar refractivity (Wildman–Crippen MR) is 330 cm³/mol. The molecule has 0 bridgehead atoms. The second kappa shape index (κ2) is 63.3. The van der Waals surface area contributed by atoms with Gasteiger partial charge < -0.3 is 14.2 Å². The lowest BCUT2D eigenvalue weighted by Crippen LogP contribution is -2.30. The highest BCUT2D eigenvalue weighted by molar-refractivity contribution is 5.71. The fourth-order valence-corrected chi connectivity index (χ4v) is 8.49. The highest BCUT2D eigenvalue weighted by Gasteiger charge is 2.19. The van der Waals surface area contributed by atoms with Crippen molar-refractivity contribution in [1.82, 2.24) is 0 Å². The molecular weight excluding hydrogens is 937 g/mol. The largest absolute Gasteiger partial charge is 0.462 e. The van der Waals surface area contributed by atoms with E-state index in [1.807, 2.05) is 0 Å². The monoisotopic (exact) mass is 1050 g/mol. The Hall–Kier alpha value is -4.19. The topological polar surface area (TPSA) is 78.9 Å². The van der Waals surface area contributed by atoms with Crippen LogP contribution in [-0.2, 0) is 28.6 Å². The molecule has 432 valence electrons. The molecule has 0 aliphatic rings. The summed E-state index contributed by atoms with van der Waals surface area (Å²) in [6.45, 7) is 6.44. The minimum Gasteiger partial charge on any atom is -0.462 e. The first-order chi connectivity index (χ1) is 37.5. The molecular formula is C70H116O6. The highest BCUT2D eigenvalue weighted by Crippen LogP contribution is 2.15. The van der Waals surface area contributed by atoms with Gasteiger partial charge in [0.05, 0.1) is 0 Å². The lowest BCUT2D eigenvalue weighted by Gasteiger charge is -2.18. The summed E-state index contributed by atoms with van der Waals surface area (Å²) >= 11 is 0. The van der Waals surface area contributed by atoms with Crippen molar-refractivity contribution in [3.05, 3.63) is 122 Å². The van der Waals surface area contributed by atoms with Crippen molar-refractivity contribution < 1.29 is 28.6 Å². The number of ether oxygens (including phenoxy) is 3. The maximum absolute atomic E-state index is 12.8. The van der Waals surface area contributed by atoms with Crippen molar-refractivity contribution in [2.45, 2.75) is 290 Å². The van der Waals surface area contributed by atoms with Gasteiger partial charge in [0.2, 0.25) is 0 Å². The highest BCUT2D eigenvalue weighted by atomic mass is 16.6. The second-order valence-electron chi connectivity index (χ2n) is 20.6. The van der Waals surface area contributed by atoms with E-state index in [4.69, 9.17) is 14.2 Å². The summed E-state index contributed by atoms with van der Waals surface area (Å²) in [5.41, 5.74) is 0. The van der Waals surface area contributed by atoms with Crippen molar-refractivity contribution in [2.75, 3.05) is 13.2 Å². The Morgan fingerprint density at radius 2 is 0.513 bits per heavy atom. The maximum atomic E-state index is 12.8. The summed E-state index contributed by atoms with van der Waals surface area (Å²) in [4.78, 5) is 38.0. The van der Waals surface area contributed by atoms with E-state index < -0.39 is 6.10 Å². The molecule has 0 aromatic carbocycles. The average molecular weight is 1050 g/mol. The van der Waals surface area contributed by atoms with Crippen LogP contribution in [0.2, 0.25) is 0 Å². The first-order valence-electron chi connectivity index (χ1n) is 31.5. The van der Waals surface area contributed by atoms with Crippen LogP contribution in [0.5, 0.6) is 0 Å². The van der Waals surface area contributed by atoms with E-state index in [2.05, 4.69) is 142 Å². The Morgan fingerprint density at radius 1 is 0.276 bits per heavy atom. The third-order valence-electron chi connectivity index (χ3n) is 13.2. The fourth-order valence-electron chi connectivity index (χ4n) is 8.49. The first-order valence-corrected chi connectivity index (χ1v) is 31.5. The molecule has 0 rings (SSSR count). The molecule has 0 amide bonds. The predicted octanol–water partition coefficient (Wildman–Crippen LogP) is 21.6. The van der Waals surface area contributed by atoms with Crippen LogP contribution in [0, 0.1) is 0 Å². The van der Waals surface area contributed by atoms with Crippen molar-refractivity contribution in [3.8, 4) is 0 Å². The molecule has 0 radical (unpaired) electrons. The van der Waals surface area contributed by atoms with Gasteiger partial charge in [-0.2, -0.15) is 0 Å². The molecule has 0 heterocycles. The zero-order valence-electron chi connectivity index (χ0n) is 49.5. The van der Waals surface area contributed by atoms with Crippen LogP contribution >= 0.6 is 0 Å². The molecule has 0 fully saturated rings. The van der Waals surface area contributed by atoms with E-state index in [1.54, 1.807) is 0 Å². The van der Waals surface area contributed by atoms with E-state index in [0.29, 0.717) is 19.3 Å². The van der Waals surface area contributed by atoms with Crippen molar-refractivity contribution in [2.24, 2.45) is 0 Å². The zero-order chi connectivity index (χ0) is 55.0. The van der Waals surface area contributed by atoms with E-state index in [0.717, 1.165) is 122 Å². The lowest BCUT2D eigenvalue weighted by molar-refractivity contribution is -0.167. The lowest BCUT2D eigenvalue weighted by atomic mass is 10.1. The number of unbranched alkanes of at least 4 members (excludes halogenated alkanes) is 25. The van der Waals surface area contributed by atoms with Crippen LogP contribution in [0.15, 0.2) is 122 Å². The molecule has 0 aliphatic heterocycles. The third-order valence-corrected chi connectivity index (χ3v) is 13.2. The van der Waals surface area contributed by atoms with Crippen LogP contribution < -0.4 is 0 Å². The molecule has 6 nitrogen and oxygen atoms in total. The molecule has 1 atom stereocenters. The Bertz CT molecular complexity index is 1590. The van der Waals surface area contributed by atoms with Crippen LogP contribution in [0.25, 0.3) is 0 Å². The number of esters is 3. The molecule has 0 aromatic heterocycles. The molecule has 0 aliphatic carbocycles. The van der Waals surface area contributed by atoms with Gasteiger partial charge in [0.15, 0.2) is 6.10 Å². The summed E-state index contributed by atoms with van der Waals surface area (Å²) in [6.07, 6.45) is 88.0. The molecule has 0 saturated carbocycles. The number of carbonyl (C=O) groups is 3. The number of hydrogen-bond acceptors (Lipinski definition) is 6. The summed E-state index contributed by atoms with van der Waals surface area (Å²) in [5, 5.41) is 0. The van der Waals surface area contributed by atoms with Gasteiger partial charge in [-0.05, 0) is 116 Å². The minimum atomic E-state index is -0.783. The minimum absolute atomic E-state index is 0.0829. The van der Waals surface area contributed by atoms with Crippen molar-refractivity contribution >= 4 is 17.9 Å². The normalized spacial score (nSPS) is 12.9. The van der Waals surface area contributed by atoms with E-state index >= 15 is 0 Å². The molecule has 76 heavy (non-hydrogen) atoms. The van der Waals surface area contributed by atoms with Crippen LogP contribution in [0.4, 0.5) is 0 Å². The van der Waals surface area contributed by atoms with Gasteiger partial charge >= 0.3 is 17.9 Å². The maximum Gasteiger partial charge on any atom is 0.306 e. The van der Waals surface area contributed by atoms with Gasteiger partial charge in [0.25, 0.3) is 0 Å². The molecule has 0 N–H and O–H groups in total. The van der Waals surface area contributed by atoms with Gasteiger partial charge in [-0.3, -0.25) is 14.4 Å². The standard InChI is InChI=1S/C70H116O6/c1-4-7-10-13-16-18-20-22-24-26-28-29-30-31-32-33-34-35-36-37-38-39-40-41-43-44-46-48-50-52-54-57-60-63-69(72)75-66-67(65-74-68(71)62-59-56-15-12-9-6-3)76-70(73)64-61-58-55-53-51-49-47-45-42-27-25-23-21-19-17-14-11-8-5-2/h7,10,16-19,22-25,28-29,31-32,34-35,37-38,40-41,67H,4-6,8-9,11-15,20-21,26-27,30,33,36,39,42-66H2,1-3H3/b10-7-,18-16-,19-17-,24-22-,25-23-,29-28-,32-31-,35-34-,38-37-,41-40-. The Balaban J connectivity index is 4.12. The zero-order valence-corrected chi connectivity index (χ0v) is 49.5. The van der Waals surface area contributed by atoms with Gasteiger partial charge in [0, 0.05) is 19.3 Å². The van der Waals surface area contributed by atoms with E-state index in [1.165, 1.54) is 122 Å². The molecule has 0 spiro atoms. The van der Waals surface area contributed by atoms with E-state index in [9.17, 15) is 14.4 Å². The van der Waals surface area contributed by atoms with Crippen LogP contribution in [-0.4, -0.2) is 37.2 Å². The number of rotatable bonds is 56. The molecule has 1 unspecified atom stereocenters. The van der Waals surface area contributed by atoms with Gasteiger partial charge in [-0.1, -0.05) is 271 Å². The number of hydrogen-bond donors (Lipinski definition) is 0. The quantitative estimate of drug-likeness (QED) is 0.0261. The summed E-state index contributed by atoms with van der Waals surface area (Å²) in [6, 6.07) is 0. The number of carbonyl (C=O) groups excluding carboxylic acids is 3. The fraction of sp³-hybridized carbons (Fsp3) is 0.671. The Kier molecular flexibility index (Phi) is 59.9. The van der Waals surface area contributed by atoms with Crippen molar-refractivity contribution in [3.63, 3.8) is 0 Å². The average Bonchev–Trinajstić information content (AvgIpc) is 3.42. The smallest absolute Gasteiger partial charge is 0.306 e. The van der Waals surface area contributed by atoms with Gasteiger partial charge in [-0.25, -0.2) is 0 Å². The molecule has 0 aromatic rings. The summed E-state index contributed by atoms with van der Waals surface area (Å²) in [7, 11) is 0. The second-order valence-corrected chi connectivity index (χ2v) is 20.6. The Morgan fingerprint density at radius 3 is 0.829 bits per heavy atom. The van der Waals surface area contributed by atoms with Gasteiger partial charge in [-0.15, -0.1) is 0 Å². The Labute approximate surface area is 469 Å². The molecule has 0 saturated heterocycles. The molecule has 6 heteroatoms. The SMILES string of the molecule is CC/C=C\C/C=C\C/C=C\C/C=C\C/C=C\C/C=C\C/C=C\C/C=C\CCCCCCCCCCC(=O)OCC(COC(=O)CCCCCCCC)OC(=O)CCCCCCCCCCC/C=C\C/C=C\CCCCC. The van der Waals surface area contributed by atoms with E-state index in [-0.39, 0.29) is 31.1 Å².